The van der Waals surface area contributed by atoms with E-state index in [0.717, 1.165) is 22.2 Å². The van der Waals surface area contributed by atoms with Crippen molar-refractivity contribution in [2.45, 2.75) is 6.54 Å². The summed E-state index contributed by atoms with van der Waals surface area (Å²) in [6.45, 7) is 0.433. The van der Waals surface area contributed by atoms with Crippen LogP contribution in [0.4, 0.5) is 10.1 Å². The van der Waals surface area contributed by atoms with E-state index >= 15 is 0 Å². The van der Waals surface area contributed by atoms with Crippen LogP contribution in [-0.2, 0) is 6.54 Å². The molecule has 1 heterocycles. The van der Waals surface area contributed by atoms with Crippen molar-refractivity contribution < 1.29 is 9.50 Å². The number of nitrogens with zero attached hydrogens (tertiary/aromatic N) is 1. The molecule has 0 aliphatic rings. The molecular formula is C16H12ClFN2O. The van der Waals surface area contributed by atoms with Gasteiger partial charge in [0.1, 0.15) is 0 Å². The highest BCUT2D eigenvalue weighted by molar-refractivity contribution is 6.35. The zero-order valence-electron chi connectivity index (χ0n) is 11.0. The fourth-order valence-electron chi connectivity index (χ4n) is 2.15. The van der Waals surface area contributed by atoms with Crippen LogP contribution in [0.3, 0.4) is 0 Å². The van der Waals surface area contributed by atoms with Gasteiger partial charge in [-0.15, -0.1) is 0 Å². The summed E-state index contributed by atoms with van der Waals surface area (Å²) in [5.41, 5.74) is 2.33. The monoisotopic (exact) mass is 302 g/mol. The number of phenols is 1. The fourth-order valence-corrected chi connectivity index (χ4v) is 2.36. The van der Waals surface area contributed by atoms with Gasteiger partial charge in [-0.25, -0.2) is 4.39 Å². The van der Waals surface area contributed by atoms with Gasteiger partial charge in [0, 0.05) is 23.8 Å². The lowest BCUT2D eigenvalue weighted by Gasteiger charge is -2.10. The molecular weight excluding hydrogens is 291 g/mol. The molecule has 0 amide bonds. The second-order valence-corrected chi connectivity index (χ2v) is 5.04. The number of halogens is 2. The molecule has 3 aromatic rings. The van der Waals surface area contributed by atoms with E-state index in [1.54, 1.807) is 18.3 Å². The maximum atomic E-state index is 13.3. The predicted octanol–water partition coefficient (Wildman–Crippen LogP) is 4.35. The van der Waals surface area contributed by atoms with Crippen LogP contribution < -0.4 is 5.32 Å². The lowest BCUT2D eigenvalue weighted by molar-refractivity contribution is 0.432. The predicted molar refractivity (Wildman–Crippen MR) is 82.1 cm³/mol. The van der Waals surface area contributed by atoms with Gasteiger partial charge in [-0.1, -0.05) is 17.7 Å². The fraction of sp³-hybridized carbons (Fsp3) is 0.0625. The highest BCUT2D eigenvalue weighted by Crippen LogP contribution is 2.28. The quantitative estimate of drug-likeness (QED) is 0.756. The molecule has 21 heavy (non-hydrogen) atoms. The highest BCUT2D eigenvalue weighted by Gasteiger charge is 2.06. The van der Waals surface area contributed by atoms with Gasteiger partial charge in [-0.3, -0.25) is 4.98 Å². The largest absolute Gasteiger partial charge is 0.505 e. The van der Waals surface area contributed by atoms with E-state index in [2.05, 4.69) is 10.3 Å². The Hall–Kier alpha value is -2.33. The number of pyridine rings is 1. The number of phenolic OH excluding ortho intramolecular Hbond substituents is 1. The highest BCUT2D eigenvalue weighted by atomic mass is 35.5. The Labute approximate surface area is 126 Å². The van der Waals surface area contributed by atoms with Gasteiger partial charge in [0.2, 0.25) is 0 Å². The van der Waals surface area contributed by atoms with Crippen LogP contribution in [0.25, 0.3) is 10.9 Å². The number of fused-ring (bicyclic) bond motifs is 1. The van der Waals surface area contributed by atoms with E-state index < -0.39 is 5.82 Å². The first-order valence-corrected chi connectivity index (χ1v) is 6.77. The van der Waals surface area contributed by atoms with Crippen LogP contribution in [0.5, 0.6) is 5.75 Å². The molecule has 0 unspecified atom stereocenters. The number of aromatic hydroxyl groups is 1. The summed E-state index contributed by atoms with van der Waals surface area (Å²) in [6.07, 6.45) is 1.69. The average molecular weight is 303 g/mol. The number of rotatable bonds is 3. The van der Waals surface area contributed by atoms with Crippen molar-refractivity contribution in [3.05, 3.63) is 65.1 Å². The molecule has 0 aliphatic carbocycles. The molecule has 2 N–H and O–H groups in total. The lowest BCUT2D eigenvalue weighted by Crippen LogP contribution is -2.00. The molecule has 0 aliphatic heterocycles. The average Bonchev–Trinajstić information content (AvgIpc) is 2.50. The smallest absolute Gasteiger partial charge is 0.165 e. The van der Waals surface area contributed by atoms with Gasteiger partial charge in [-0.05, 0) is 42.0 Å². The molecule has 0 bridgehead atoms. The van der Waals surface area contributed by atoms with Gasteiger partial charge in [0.15, 0.2) is 11.6 Å². The van der Waals surface area contributed by atoms with Crippen molar-refractivity contribution in [2.24, 2.45) is 0 Å². The van der Waals surface area contributed by atoms with E-state index in [4.69, 9.17) is 11.6 Å². The first-order chi connectivity index (χ1) is 10.1. The van der Waals surface area contributed by atoms with Crippen LogP contribution in [0.15, 0.2) is 48.7 Å². The molecule has 5 heteroatoms. The number of aromatic nitrogens is 1. The number of hydrogen-bond acceptors (Lipinski definition) is 3. The SMILES string of the molecule is Oc1ccc(CNc2ccc(Cl)c3ncccc23)cc1F. The zero-order valence-corrected chi connectivity index (χ0v) is 11.7. The first-order valence-electron chi connectivity index (χ1n) is 6.39. The van der Waals surface area contributed by atoms with Gasteiger partial charge in [-0.2, -0.15) is 0 Å². The van der Waals surface area contributed by atoms with Gasteiger partial charge < -0.3 is 10.4 Å². The molecule has 0 saturated heterocycles. The van der Waals surface area contributed by atoms with Gasteiger partial charge in [0.05, 0.1) is 10.5 Å². The third-order valence-electron chi connectivity index (χ3n) is 3.22. The molecule has 0 fully saturated rings. The molecule has 1 aromatic heterocycles. The minimum Gasteiger partial charge on any atom is -0.505 e. The van der Waals surface area contributed by atoms with E-state index in [9.17, 15) is 9.50 Å². The Balaban J connectivity index is 1.88. The van der Waals surface area contributed by atoms with Crippen molar-refractivity contribution in [3.8, 4) is 5.75 Å². The molecule has 106 valence electrons. The Morgan fingerprint density at radius 2 is 2.05 bits per heavy atom. The topological polar surface area (TPSA) is 45.1 Å². The lowest BCUT2D eigenvalue weighted by atomic mass is 10.1. The van der Waals surface area contributed by atoms with Crippen LogP contribution in [-0.4, -0.2) is 10.1 Å². The Morgan fingerprint density at radius 3 is 2.86 bits per heavy atom. The Morgan fingerprint density at radius 1 is 1.19 bits per heavy atom. The Kier molecular flexibility index (Phi) is 3.62. The van der Waals surface area contributed by atoms with Crippen molar-refractivity contribution in [1.82, 2.24) is 4.98 Å². The van der Waals surface area contributed by atoms with Crippen LogP contribution in [0.2, 0.25) is 5.02 Å². The maximum Gasteiger partial charge on any atom is 0.165 e. The summed E-state index contributed by atoms with van der Waals surface area (Å²) in [5, 5.41) is 13.9. The molecule has 0 saturated carbocycles. The van der Waals surface area contributed by atoms with E-state index in [1.165, 1.54) is 12.1 Å². The molecule has 3 rings (SSSR count). The number of nitrogens with one attached hydrogen (secondary N) is 1. The van der Waals surface area contributed by atoms with Crippen molar-refractivity contribution in [3.63, 3.8) is 0 Å². The number of anilines is 1. The van der Waals surface area contributed by atoms with Gasteiger partial charge >= 0.3 is 0 Å². The summed E-state index contributed by atoms with van der Waals surface area (Å²) in [5.74, 6) is -0.975. The number of benzene rings is 2. The zero-order chi connectivity index (χ0) is 14.8. The standard InChI is InChI=1S/C16H12ClFN2O/c17-12-4-5-14(11-2-1-7-19-16(11)12)20-9-10-3-6-15(21)13(18)8-10/h1-8,20-21H,9H2. The van der Waals surface area contributed by atoms with E-state index in [0.29, 0.717) is 11.6 Å². The third kappa shape index (κ3) is 2.76. The molecule has 0 spiro atoms. The van der Waals surface area contributed by atoms with Gasteiger partial charge in [0.25, 0.3) is 0 Å². The minimum atomic E-state index is -0.628. The number of hydrogen-bond donors (Lipinski definition) is 2. The minimum absolute atomic E-state index is 0.347. The van der Waals surface area contributed by atoms with Crippen molar-refractivity contribution in [2.75, 3.05) is 5.32 Å². The molecule has 2 aromatic carbocycles. The van der Waals surface area contributed by atoms with Crippen LogP contribution >= 0.6 is 11.6 Å². The third-order valence-corrected chi connectivity index (χ3v) is 3.52. The van der Waals surface area contributed by atoms with Crippen LogP contribution in [0.1, 0.15) is 5.56 Å². The van der Waals surface area contributed by atoms with Crippen molar-refractivity contribution >= 4 is 28.2 Å². The second-order valence-electron chi connectivity index (χ2n) is 4.63. The van der Waals surface area contributed by atoms with E-state index in [-0.39, 0.29) is 5.75 Å². The van der Waals surface area contributed by atoms with E-state index in [1.807, 2.05) is 18.2 Å². The summed E-state index contributed by atoms with van der Waals surface area (Å²) < 4.78 is 13.3. The van der Waals surface area contributed by atoms with Crippen molar-refractivity contribution in [1.29, 1.82) is 0 Å². The molecule has 0 atom stereocenters. The summed E-state index contributed by atoms with van der Waals surface area (Å²) in [7, 11) is 0. The summed E-state index contributed by atoms with van der Waals surface area (Å²) in [6, 6.07) is 11.7. The normalized spacial score (nSPS) is 10.8. The van der Waals surface area contributed by atoms with Crippen LogP contribution in [0, 0.1) is 5.82 Å². The maximum absolute atomic E-state index is 13.3. The Bertz CT molecular complexity index is 807. The molecule has 3 nitrogen and oxygen atoms in total. The summed E-state index contributed by atoms with van der Waals surface area (Å²) in [4.78, 5) is 4.26. The second kappa shape index (κ2) is 5.58. The first kappa shape index (κ1) is 13.6. The molecule has 0 radical (unpaired) electrons. The summed E-state index contributed by atoms with van der Waals surface area (Å²) >= 11 is 6.12.